The summed E-state index contributed by atoms with van der Waals surface area (Å²) in [7, 11) is 0. The third kappa shape index (κ3) is 3.20. The fourth-order valence-electron chi connectivity index (χ4n) is 3.41. The Morgan fingerprint density at radius 2 is 1.93 bits per heavy atom. The lowest BCUT2D eigenvalue weighted by Gasteiger charge is -2.11. The number of hydrogen-bond acceptors (Lipinski definition) is 5. The van der Waals surface area contributed by atoms with Crippen LogP contribution in [0.25, 0.3) is 27.7 Å². The molecule has 1 aromatic carbocycles. The van der Waals surface area contributed by atoms with Crippen LogP contribution in [0.3, 0.4) is 0 Å². The summed E-state index contributed by atoms with van der Waals surface area (Å²) >= 11 is 0. The first-order valence-corrected chi connectivity index (χ1v) is 9.44. The molecule has 146 valence electrons. The molecule has 7 nitrogen and oxygen atoms in total. The summed E-state index contributed by atoms with van der Waals surface area (Å²) in [5.74, 6) is 0.661. The molecule has 8 heteroatoms. The zero-order valence-corrected chi connectivity index (χ0v) is 16.3. The van der Waals surface area contributed by atoms with E-state index in [9.17, 15) is 4.39 Å². The minimum absolute atomic E-state index is 0.193. The van der Waals surface area contributed by atoms with Gasteiger partial charge in [-0.3, -0.25) is 0 Å². The smallest absolute Gasteiger partial charge is 0.238 e. The maximum Gasteiger partial charge on any atom is 0.238 e. The Labute approximate surface area is 162 Å². The summed E-state index contributed by atoms with van der Waals surface area (Å²) in [6, 6.07) is 5.54. The molecule has 4 heterocycles. The number of nitrogens with one attached hydrogen (secondary N) is 1. The average Bonchev–Trinajstić information content (AvgIpc) is 3.13. The first-order chi connectivity index (χ1) is 13.5. The number of rotatable bonds is 2. The Kier molecular flexibility index (Phi) is 4.72. The Morgan fingerprint density at radius 1 is 1.21 bits per heavy atom. The van der Waals surface area contributed by atoms with Gasteiger partial charge in [0.1, 0.15) is 11.3 Å². The molecule has 0 radical (unpaired) electrons. The SMILES string of the molecule is C1CNC1.Cc1nc2c(F)cc(-c3ccn4nc(N)ncc34)cc2n1C(C)C. The van der Waals surface area contributed by atoms with Crippen LogP contribution < -0.4 is 11.1 Å². The fraction of sp³-hybridized carbons (Fsp3) is 0.350. The lowest BCUT2D eigenvalue weighted by molar-refractivity contribution is 0.527. The van der Waals surface area contributed by atoms with E-state index in [1.165, 1.54) is 25.6 Å². The van der Waals surface area contributed by atoms with Crippen LogP contribution >= 0.6 is 0 Å². The molecule has 3 N–H and O–H groups in total. The van der Waals surface area contributed by atoms with E-state index >= 15 is 0 Å². The fourth-order valence-corrected chi connectivity index (χ4v) is 3.41. The largest absolute Gasteiger partial charge is 0.367 e. The van der Waals surface area contributed by atoms with Crippen LogP contribution in [-0.4, -0.2) is 37.2 Å². The number of nitrogens with two attached hydrogens (primary N) is 1. The predicted molar refractivity (Wildman–Crippen MR) is 109 cm³/mol. The standard InChI is InChI=1S/C17H17FN6.C3H7N/c1-9(2)24-10(3)21-16-13(18)6-11(7-14(16)24)12-4-5-23-15(12)8-20-17(19)22-23;1-2-4-3-1/h4-9H,1-3H3,(H2,19,22);4H,1-3H2. The van der Waals surface area contributed by atoms with E-state index in [1.54, 1.807) is 16.9 Å². The zero-order chi connectivity index (χ0) is 19.8. The molecule has 1 aliphatic rings. The zero-order valence-electron chi connectivity index (χ0n) is 16.3. The van der Waals surface area contributed by atoms with Crippen molar-refractivity contribution in [2.75, 3.05) is 18.8 Å². The van der Waals surface area contributed by atoms with E-state index in [-0.39, 0.29) is 17.8 Å². The van der Waals surface area contributed by atoms with E-state index in [0.29, 0.717) is 5.52 Å². The van der Waals surface area contributed by atoms with Gasteiger partial charge < -0.3 is 15.6 Å². The van der Waals surface area contributed by atoms with Crippen LogP contribution in [0, 0.1) is 12.7 Å². The van der Waals surface area contributed by atoms with Crippen LogP contribution in [-0.2, 0) is 0 Å². The minimum Gasteiger partial charge on any atom is -0.367 e. The van der Waals surface area contributed by atoms with Gasteiger partial charge >= 0.3 is 0 Å². The van der Waals surface area contributed by atoms with E-state index < -0.39 is 0 Å². The van der Waals surface area contributed by atoms with Crippen LogP contribution in [0.4, 0.5) is 10.3 Å². The molecular weight excluding hydrogens is 357 g/mol. The number of halogens is 1. The number of aryl methyl sites for hydroxylation is 1. The Hall–Kier alpha value is -3.00. The molecule has 0 atom stereocenters. The first-order valence-electron chi connectivity index (χ1n) is 9.44. The van der Waals surface area contributed by atoms with Crippen molar-refractivity contribution in [3.8, 4) is 11.1 Å². The molecule has 0 saturated carbocycles. The van der Waals surface area contributed by atoms with Gasteiger partial charge in [0.05, 0.1) is 17.2 Å². The molecule has 0 unspecified atom stereocenters. The summed E-state index contributed by atoms with van der Waals surface area (Å²) in [5.41, 5.74) is 9.18. The molecule has 0 aliphatic carbocycles. The first kappa shape index (κ1) is 18.4. The highest BCUT2D eigenvalue weighted by Crippen LogP contribution is 2.31. The number of nitrogens with zero attached hydrogens (tertiary/aromatic N) is 5. The second-order valence-electron chi connectivity index (χ2n) is 7.23. The van der Waals surface area contributed by atoms with Crippen molar-refractivity contribution in [3.63, 3.8) is 0 Å². The number of hydrogen-bond donors (Lipinski definition) is 2. The van der Waals surface area contributed by atoms with Gasteiger partial charge in [-0.2, -0.15) is 0 Å². The van der Waals surface area contributed by atoms with Crippen molar-refractivity contribution in [2.24, 2.45) is 0 Å². The molecule has 28 heavy (non-hydrogen) atoms. The van der Waals surface area contributed by atoms with Gasteiger partial charge in [-0.1, -0.05) is 0 Å². The number of fused-ring (bicyclic) bond motifs is 2. The molecule has 1 fully saturated rings. The molecule has 5 rings (SSSR count). The Balaban J connectivity index is 0.000000429. The van der Waals surface area contributed by atoms with Gasteiger partial charge in [0, 0.05) is 17.8 Å². The van der Waals surface area contributed by atoms with E-state index in [2.05, 4.69) is 34.2 Å². The molecule has 3 aromatic heterocycles. The summed E-state index contributed by atoms with van der Waals surface area (Å²) in [4.78, 5) is 8.41. The monoisotopic (exact) mass is 381 g/mol. The van der Waals surface area contributed by atoms with E-state index in [4.69, 9.17) is 5.73 Å². The van der Waals surface area contributed by atoms with Crippen LogP contribution in [0.2, 0.25) is 0 Å². The van der Waals surface area contributed by atoms with Crippen molar-refractivity contribution >= 4 is 22.5 Å². The number of nitrogen functional groups attached to an aromatic ring is 1. The molecule has 4 aromatic rings. The molecule has 1 aliphatic heterocycles. The highest BCUT2D eigenvalue weighted by molar-refractivity contribution is 5.88. The summed E-state index contributed by atoms with van der Waals surface area (Å²) in [5, 5.41) is 7.24. The molecular formula is C20H24FN7. The lowest BCUT2D eigenvalue weighted by atomic mass is 10.1. The highest BCUT2D eigenvalue weighted by Gasteiger charge is 2.17. The summed E-state index contributed by atoms with van der Waals surface area (Å²) in [6.45, 7) is 8.51. The van der Waals surface area contributed by atoms with Gasteiger partial charge in [0.15, 0.2) is 5.82 Å². The normalized spacial score (nSPS) is 13.6. The number of imidazole rings is 1. The van der Waals surface area contributed by atoms with Crippen molar-refractivity contribution in [1.82, 2.24) is 29.5 Å². The Morgan fingerprint density at radius 3 is 2.57 bits per heavy atom. The van der Waals surface area contributed by atoms with Crippen LogP contribution in [0.15, 0.2) is 30.6 Å². The maximum atomic E-state index is 14.6. The highest BCUT2D eigenvalue weighted by atomic mass is 19.1. The van der Waals surface area contributed by atoms with Gasteiger partial charge in [0.2, 0.25) is 5.95 Å². The minimum atomic E-state index is -0.333. The van der Waals surface area contributed by atoms with E-state index in [0.717, 1.165) is 28.0 Å². The second kappa shape index (κ2) is 7.20. The Bertz CT molecular complexity index is 1130. The van der Waals surface area contributed by atoms with Crippen LogP contribution in [0.5, 0.6) is 0 Å². The second-order valence-corrected chi connectivity index (χ2v) is 7.23. The van der Waals surface area contributed by atoms with Gasteiger partial charge in [0.25, 0.3) is 0 Å². The average molecular weight is 381 g/mol. The van der Waals surface area contributed by atoms with Gasteiger partial charge in [-0.25, -0.2) is 18.9 Å². The molecule has 0 amide bonds. The van der Waals surface area contributed by atoms with Crippen molar-refractivity contribution in [3.05, 3.63) is 42.2 Å². The third-order valence-electron chi connectivity index (χ3n) is 4.89. The lowest BCUT2D eigenvalue weighted by Crippen LogP contribution is -2.29. The van der Waals surface area contributed by atoms with Gasteiger partial charge in [-0.15, -0.1) is 5.10 Å². The van der Waals surface area contributed by atoms with E-state index in [1.807, 2.05) is 23.6 Å². The van der Waals surface area contributed by atoms with Crippen molar-refractivity contribution in [2.45, 2.75) is 33.2 Å². The van der Waals surface area contributed by atoms with Gasteiger partial charge in [-0.05, 0) is 64.0 Å². The quantitative estimate of drug-likeness (QED) is 0.556. The summed E-state index contributed by atoms with van der Waals surface area (Å²) in [6.07, 6.45) is 4.82. The number of aromatic nitrogens is 5. The molecule has 0 bridgehead atoms. The maximum absolute atomic E-state index is 14.6. The number of benzene rings is 1. The van der Waals surface area contributed by atoms with Crippen molar-refractivity contribution < 1.29 is 4.39 Å². The number of anilines is 1. The van der Waals surface area contributed by atoms with Crippen molar-refractivity contribution in [1.29, 1.82) is 0 Å². The summed E-state index contributed by atoms with van der Waals surface area (Å²) < 4.78 is 18.3. The molecule has 0 spiro atoms. The molecule has 1 saturated heterocycles. The third-order valence-corrected chi connectivity index (χ3v) is 4.89. The van der Waals surface area contributed by atoms with Crippen LogP contribution in [0.1, 0.15) is 32.1 Å². The topological polar surface area (TPSA) is 86.1 Å². The predicted octanol–water partition coefficient (Wildman–Crippen LogP) is 3.34.